The maximum atomic E-state index is 13.0. The second kappa shape index (κ2) is 12.0. The molecule has 0 unspecified atom stereocenters. The van der Waals surface area contributed by atoms with Crippen LogP contribution in [0.3, 0.4) is 0 Å². The monoisotopic (exact) mass is 474 g/mol. The molecule has 7 nitrogen and oxygen atoms in total. The van der Waals surface area contributed by atoms with Crippen molar-refractivity contribution < 1.29 is 0 Å². The molecule has 0 radical (unpaired) electrons. The standard InChI is InChI=1S/C28H38N6O/c1-23(19-24-7-5-4-6-8-24)20-32-16-13-25(14-17-32)21-34-28(35)33(22-30-34)27-11-9-26(10-12-27)29-15-18-31(2)3/h4-12,19,22,25,29H,13-18,20-21H2,1-3H3/b23-19+. The van der Waals surface area contributed by atoms with Crippen LogP contribution in [-0.2, 0) is 6.54 Å². The number of nitrogens with zero attached hydrogens (tertiary/aromatic N) is 5. The lowest BCUT2D eigenvalue weighted by atomic mass is 9.96. The van der Waals surface area contributed by atoms with Gasteiger partial charge in [0.25, 0.3) is 0 Å². The smallest absolute Gasteiger partial charge is 0.350 e. The molecule has 4 rings (SSSR count). The first-order valence-electron chi connectivity index (χ1n) is 12.6. The van der Waals surface area contributed by atoms with Crippen LogP contribution >= 0.6 is 0 Å². The van der Waals surface area contributed by atoms with Gasteiger partial charge in [-0.1, -0.05) is 42.0 Å². The van der Waals surface area contributed by atoms with E-state index in [2.05, 4.69) is 71.6 Å². The van der Waals surface area contributed by atoms with Crippen molar-refractivity contribution in [2.24, 2.45) is 5.92 Å². The quantitative estimate of drug-likeness (QED) is 0.484. The lowest BCUT2D eigenvalue weighted by molar-refractivity contribution is 0.181. The van der Waals surface area contributed by atoms with E-state index in [0.717, 1.165) is 56.9 Å². The molecule has 7 heteroatoms. The Labute approximate surface area is 208 Å². The van der Waals surface area contributed by atoms with Crippen LogP contribution in [0.1, 0.15) is 25.3 Å². The number of aromatic nitrogens is 3. The van der Waals surface area contributed by atoms with E-state index in [1.54, 1.807) is 15.6 Å². The summed E-state index contributed by atoms with van der Waals surface area (Å²) < 4.78 is 3.26. The van der Waals surface area contributed by atoms with Crippen LogP contribution in [0.2, 0.25) is 0 Å². The average Bonchev–Trinajstić information content (AvgIpc) is 3.21. The predicted octanol–water partition coefficient (Wildman–Crippen LogP) is 3.82. The fourth-order valence-electron chi connectivity index (χ4n) is 4.61. The van der Waals surface area contributed by atoms with E-state index < -0.39 is 0 Å². The van der Waals surface area contributed by atoms with Crippen LogP contribution in [0, 0.1) is 5.92 Å². The van der Waals surface area contributed by atoms with Crippen LogP contribution in [0.5, 0.6) is 0 Å². The largest absolute Gasteiger partial charge is 0.384 e. The highest BCUT2D eigenvalue weighted by Crippen LogP contribution is 2.20. The summed E-state index contributed by atoms with van der Waals surface area (Å²) in [5.41, 5.74) is 4.46. The molecule has 1 aliphatic rings. The highest BCUT2D eigenvalue weighted by Gasteiger charge is 2.21. The van der Waals surface area contributed by atoms with E-state index in [4.69, 9.17) is 0 Å². The molecular weight excluding hydrogens is 436 g/mol. The normalized spacial score (nSPS) is 15.6. The van der Waals surface area contributed by atoms with Crippen molar-refractivity contribution in [3.8, 4) is 5.69 Å². The molecule has 1 fully saturated rings. The molecule has 0 aliphatic carbocycles. The Hall–Kier alpha value is -3.16. The Morgan fingerprint density at radius 1 is 1.09 bits per heavy atom. The van der Waals surface area contributed by atoms with Gasteiger partial charge >= 0.3 is 5.69 Å². The summed E-state index contributed by atoms with van der Waals surface area (Å²) in [4.78, 5) is 17.6. The van der Waals surface area contributed by atoms with Crippen molar-refractivity contribution in [1.29, 1.82) is 0 Å². The van der Waals surface area contributed by atoms with E-state index in [-0.39, 0.29) is 5.69 Å². The zero-order chi connectivity index (χ0) is 24.6. The minimum Gasteiger partial charge on any atom is -0.384 e. The fraction of sp³-hybridized carbons (Fsp3) is 0.429. The van der Waals surface area contributed by atoms with Crippen molar-refractivity contribution >= 4 is 11.8 Å². The van der Waals surface area contributed by atoms with E-state index in [1.165, 1.54) is 11.1 Å². The van der Waals surface area contributed by atoms with Gasteiger partial charge in [-0.25, -0.2) is 14.0 Å². The summed E-state index contributed by atoms with van der Waals surface area (Å²) in [6.45, 7) is 7.85. The molecule has 0 bridgehead atoms. The zero-order valence-electron chi connectivity index (χ0n) is 21.2. The number of hydrogen-bond donors (Lipinski definition) is 1. The van der Waals surface area contributed by atoms with Crippen molar-refractivity contribution in [3.05, 3.63) is 82.5 Å². The Morgan fingerprint density at radius 3 is 2.49 bits per heavy atom. The number of benzene rings is 2. The number of rotatable bonds is 10. The molecule has 1 aromatic heterocycles. The molecular formula is C28H38N6O. The van der Waals surface area contributed by atoms with Crippen LogP contribution < -0.4 is 11.0 Å². The van der Waals surface area contributed by atoms with E-state index in [1.807, 2.05) is 30.3 Å². The summed E-state index contributed by atoms with van der Waals surface area (Å²) in [6, 6.07) is 18.4. The minimum absolute atomic E-state index is 0.0672. The van der Waals surface area contributed by atoms with Gasteiger partial charge in [-0.05, 0) is 82.7 Å². The maximum absolute atomic E-state index is 13.0. The highest BCUT2D eigenvalue weighted by molar-refractivity contribution is 5.52. The number of likely N-dealkylation sites (N-methyl/N-ethyl adjacent to an activating group) is 1. The van der Waals surface area contributed by atoms with Gasteiger partial charge < -0.3 is 10.2 Å². The van der Waals surface area contributed by atoms with Gasteiger partial charge in [0.2, 0.25) is 0 Å². The van der Waals surface area contributed by atoms with Crippen LogP contribution in [-0.4, -0.2) is 71.0 Å². The molecule has 35 heavy (non-hydrogen) atoms. The molecule has 0 spiro atoms. The number of likely N-dealkylation sites (tertiary alicyclic amines) is 1. The summed E-state index contributed by atoms with van der Waals surface area (Å²) in [7, 11) is 4.12. The molecule has 1 saturated heterocycles. The third-order valence-electron chi connectivity index (χ3n) is 6.59. The predicted molar refractivity (Wildman–Crippen MR) is 144 cm³/mol. The van der Waals surface area contributed by atoms with Gasteiger partial charge in [0, 0.05) is 31.9 Å². The summed E-state index contributed by atoms with van der Waals surface area (Å²) in [6.07, 6.45) is 6.09. The minimum atomic E-state index is -0.0672. The van der Waals surface area contributed by atoms with Crippen molar-refractivity contribution in [1.82, 2.24) is 24.1 Å². The SMILES string of the molecule is C/C(=C\c1ccccc1)CN1CCC(Cn2ncn(-c3ccc(NCCN(C)C)cc3)c2=O)CC1. The molecule has 186 valence electrons. The molecule has 0 saturated carbocycles. The van der Waals surface area contributed by atoms with Gasteiger partial charge in [-0.3, -0.25) is 4.90 Å². The topological polar surface area (TPSA) is 58.3 Å². The van der Waals surface area contributed by atoms with Gasteiger partial charge in [0.05, 0.1) is 5.69 Å². The van der Waals surface area contributed by atoms with E-state index >= 15 is 0 Å². The third-order valence-corrected chi connectivity index (χ3v) is 6.59. The van der Waals surface area contributed by atoms with Crippen LogP contribution in [0.25, 0.3) is 11.8 Å². The molecule has 2 aromatic carbocycles. The molecule has 3 aromatic rings. The lowest BCUT2D eigenvalue weighted by Gasteiger charge is -2.31. The number of piperidine rings is 1. The second-order valence-electron chi connectivity index (χ2n) is 9.86. The highest BCUT2D eigenvalue weighted by atomic mass is 16.2. The first-order chi connectivity index (χ1) is 17.0. The lowest BCUT2D eigenvalue weighted by Crippen LogP contribution is -2.37. The van der Waals surface area contributed by atoms with Crippen LogP contribution in [0.4, 0.5) is 5.69 Å². The molecule has 2 heterocycles. The molecule has 0 atom stereocenters. The van der Waals surface area contributed by atoms with E-state index in [0.29, 0.717) is 12.5 Å². The Morgan fingerprint density at radius 2 is 1.80 bits per heavy atom. The van der Waals surface area contributed by atoms with Crippen molar-refractivity contribution in [3.63, 3.8) is 0 Å². The summed E-state index contributed by atoms with van der Waals surface area (Å²) >= 11 is 0. The first-order valence-corrected chi connectivity index (χ1v) is 12.6. The molecule has 0 amide bonds. The Balaban J connectivity index is 1.28. The van der Waals surface area contributed by atoms with Crippen molar-refractivity contribution in [2.45, 2.75) is 26.3 Å². The maximum Gasteiger partial charge on any atom is 0.350 e. The van der Waals surface area contributed by atoms with Gasteiger partial charge in [-0.2, -0.15) is 5.10 Å². The molecule has 1 aliphatic heterocycles. The Bertz CT molecular complexity index is 1140. The number of anilines is 1. The van der Waals surface area contributed by atoms with Crippen LogP contribution in [0.15, 0.2) is 71.3 Å². The Kier molecular flexibility index (Phi) is 8.55. The zero-order valence-corrected chi connectivity index (χ0v) is 21.2. The first kappa shape index (κ1) is 24.9. The number of nitrogens with one attached hydrogen (secondary N) is 1. The molecule has 1 N–H and O–H groups in total. The van der Waals surface area contributed by atoms with Gasteiger partial charge in [0.15, 0.2) is 0 Å². The average molecular weight is 475 g/mol. The summed E-state index contributed by atoms with van der Waals surface area (Å²) in [5, 5.41) is 7.81. The number of hydrogen-bond acceptors (Lipinski definition) is 5. The van der Waals surface area contributed by atoms with E-state index in [9.17, 15) is 4.79 Å². The second-order valence-corrected chi connectivity index (χ2v) is 9.86. The summed E-state index contributed by atoms with van der Waals surface area (Å²) in [5.74, 6) is 0.481. The third kappa shape index (κ3) is 7.16. The van der Waals surface area contributed by atoms with Gasteiger partial charge in [0.1, 0.15) is 6.33 Å². The fourth-order valence-corrected chi connectivity index (χ4v) is 4.61. The van der Waals surface area contributed by atoms with Gasteiger partial charge in [-0.15, -0.1) is 0 Å². The van der Waals surface area contributed by atoms with Crippen molar-refractivity contribution in [2.75, 3.05) is 52.1 Å².